The highest BCUT2D eigenvalue weighted by molar-refractivity contribution is 5.80. The third-order valence-corrected chi connectivity index (χ3v) is 4.96. The van der Waals surface area contributed by atoms with Crippen molar-refractivity contribution in [1.29, 1.82) is 0 Å². The van der Waals surface area contributed by atoms with Crippen molar-refractivity contribution in [1.82, 2.24) is 0 Å². The Bertz CT molecular complexity index is 638. The van der Waals surface area contributed by atoms with Crippen molar-refractivity contribution < 1.29 is 23.9 Å². The largest absolute Gasteiger partial charge is 0.460 e. The van der Waals surface area contributed by atoms with Gasteiger partial charge in [0.15, 0.2) is 0 Å². The number of hydrogen-bond donors (Lipinski definition) is 0. The summed E-state index contributed by atoms with van der Waals surface area (Å²) < 4.78 is 11.1. The van der Waals surface area contributed by atoms with Crippen LogP contribution in [-0.2, 0) is 30.5 Å². The molecule has 2 rings (SSSR count). The SMILES string of the molecule is CC(C)(C)OC(=O)C(CC=O)CC1(C(=O)OCc2ccccc2)CCCC1. The molecule has 0 amide bonds. The smallest absolute Gasteiger partial charge is 0.312 e. The lowest BCUT2D eigenvalue weighted by Crippen LogP contribution is -2.37. The molecule has 1 aliphatic rings. The summed E-state index contributed by atoms with van der Waals surface area (Å²) in [6, 6.07) is 9.53. The summed E-state index contributed by atoms with van der Waals surface area (Å²) in [6.45, 7) is 5.60. The number of carbonyl (C=O) groups excluding carboxylic acids is 3. The van der Waals surface area contributed by atoms with Crippen molar-refractivity contribution in [3.8, 4) is 0 Å². The van der Waals surface area contributed by atoms with Gasteiger partial charge < -0.3 is 14.3 Å². The molecule has 1 atom stereocenters. The van der Waals surface area contributed by atoms with Crippen LogP contribution in [0.1, 0.15) is 64.9 Å². The lowest BCUT2D eigenvalue weighted by molar-refractivity contribution is -0.166. The first-order valence-corrected chi connectivity index (χ1v) is 9.63. The van der Waals surface area contributed by atoms with Crippen molar-refractivity contribution >= 4 is 18.2 Å². The summed E-state index contributed by atoms with van der Waals surface area (Å²) in [5.74, 6) is -1.32. The number of carbonyl (C=O) groups is 3. The average Bonchev–Trinajstić information content (AvgIpc) is 3.08. The normalized spacial score (nSPS) is 17.1. The van der Waals surface area contributed by atoms with Crippen molar-refractivity contribution in [3.63, 3.8) is 0 Å². The minimum atomic E-state index is -0.709. The third-order valence-electron chi connectivity index (χ3n) is 4.96. The Labute approximate surface area is 161 Å². The predicted molar refractivity (Wildman–Crippen MR) is 102 cm³/mol. The Morgan fingerprint density at radius 2 is 1.78 bits per heavy atom. The fourth-order valence-corrected chi connectivity index (χ4v) is 3.66. The van der Waals surface area contributed by atoms with Crippen LogP contribution in [0, 0.1) is 11.3 Å². The van der Waals surface area contributed by atoms with E-state index in [1.165, 1.54) is 0 Å². The summed E-state index contributed by atoms with van der Waals surface area (Å²) in [5.41, 5.74) is -0.413. The lowest BCUT2D eigenvalue weighted by Gasteiger charge is -2.31. The van der Waals surface area contributed by atoms with Gasteiger partial charge in [0.25, 0.3) is 0 Å². The number of hydrogen-bond acceptors (Lipinski definition) is 5. The summed E-state index contributed by atoms with van der Waals surface area (Å²) in [4.78, 5) is 36.6. The van der Waals surface area contributed by atoms with Crippen LogP contribution in [0.4, 0.5) is 0 Å². The quantitative estimate of drug-likeness (QED) is 0.503. The van der Waals surface area contributed by atoms with Gasteiger partial charge in [-0.15, -0.1) is 0 Å². The fourth-order valence-electron chi connectivity index (χ4n) is 3.66. The van der Waals surface area contributed by atoms with Crippen LogP contribution in [0.2, 0.25) is 0 Å². The molecule has 1 aliphatic carbocycles. The van der Waals surface area contributed by atoms with Gasteiger partial charge in [0.1, 0.15) is 18.5 Å². The van der Waals surface area contributed by atoms with Crippen LogP contribution >= 0.6 is 0 Å². The molecule has 0 radical (unpaired) electrons. The monoisotopic (exact) mass is 374 g/mol. The molecule has 1 unspecified atom stereocenters. The topological polar surface area (TPSA) is 69.7 Å². The lowest BCUT2D eigenvalue weighted by atomic mass is 9.76. The predicted octanol–water partition coefficient (Wildman–Crippen LogP) is 4.23. The van der Waals surface area contributed by atoms with Gasteiger partial charge in [-0.2, -0.15) is 0 Å². The van der Waals surface area contributed by atoms with Crippen LogP contribution in [-0.4, -0.2) is 23.8 Å². The van der Waals surface area contributed by atoms with Crippen molar-refractivity contribution in [2.75, 3.05) is 0 Å². The van der Waals surface area contributed by atoms with E-state index in [0.29, 0.717) is 19.3 Å². The Kier molecular flexibility index (Phi) is 7.17. The minimum Gasteiger partial charge on any atom is -0.460 e. The molecule has 1 aromatic rings. The second-order valence-corrected chi connectivity index (χ2v) is 8.39. The van der Waals surface area contributed by atoms with Crippen LogP contribution in [0.25, 0.3) is 0 Å². The van der Waals surface area contributed by atoms with Gasteiger partial charge in [-0.05, 0) is 45.6 Å². The van der Waals surface area contributed by atoms with Gasteiger partial charge in [0, 0.05) is 6.42 Å². The molecule has 27 heavy (non-hydrogen) atoms. The van der Waals surface area contributed by atoms with E-state index in [1.54, 1.807) is 20.8 Å². The van der Waals surface area contributed by atoms with E-state index in [0.717, 1.165) is 24.7 Å². The zero-order valence-electron chi connectivity index (χ0n) is 16.5. The second-order valence-electron chi connectivity index (χ2n) is 8.39. The molecule has 0 saturated heterocycles. The molecule has 148 valence electrons. The van der Waals surface area contributed by atoms with E-state index in [1.807, 2.05) is 30.3 Å². The van der Waals surface area contributed by atoms with Crippen molar-refractivity contribution in [3.05, 3.63) is 35.9 Å². The van der Waals surface area contributed by atoms with E-state index in [4.69, 9.17) is 9.47 Å². The number of esters is 2. The van der Waals surface area contributed by atoms with Crippen molar-refractivity contribution in [2.45, 2.75) is 71.5 Å². The molecular formula is C22H30O5. The highest BCUT2D eigenvalue weighted by Crippen LogP contribution is 2.45. The van der Waals surface area contributed by atoms with Crippen LogP contribution in [0.15, 0.2) is 30.3 Å². The van der Waals surface area contributed by atoms with Gasteiger partial charge >= 0.3 is 11.9 Å². The highest BCUT2D eigenvalue weighted by Gasteiger charge is 2.46. The standard InChI is InChI=1S/C22H30O5/c1-21(2,3)27-19(24)18(11-14-23)15-22(12-7-8-13-22)20(25)26-16-17-9-5-4-6-10-17/h4-6,9-10,14,18H,7-8,11-13,15-16H2,1-3H3. The first-order chi connectivity index (χ1) is 12.8. The van der Waals surface area contributed by atoms with Gasteiger partial charge in [0.2, 0.25) is 0 Å². The van der Waals surface area contributed by atoms with Gasteiger partial charge in [-0.1, -0.05) is 43.2 Å². The maximum absolute atomic E-state index is 12.9. The number of benzene rings is 1. The van der Waals surface area contributed by atoms with Crippen LogP contribution in [0.3, 0.4) is 0 Å². The first-order valence-electron chi connectivity index (χ1n) is 9.63. The summed E-state index contributed by atoms with van der Waals surface area (Å²) in [5, 5.41) is 0. The molecule has 5 nitrogen and oxygen atoms in total. The molecule has 1 saturated carbocycles. The first kappa shape index (κ1) is 21.1. The van der Waals surface area contributed by atoms with E-state index in [2.05, 4.69) is 0 Å². The maximum atomic E-state index is 12.9. The third kappa shape index (κ3) is 6.19. The van der Waals surface area contributed by atoms with Gasteiger partial charge in [-0.3, -0.25) is 9.59 Å². The Hall–Kier alpha value is -2.17. The van der Waals surface area contributed by atoms with E-state index >= 15 is 0 Å². The molecule has 1 fully saturated rings. The van der Waals surface area contributed by atoms with E-state index in [9.17, 15) is 14.4 Å². The molecule has 5 heteroatoms. The molecule has 1 aromatic carbocycles. The zero-order chi connectivity index (χ0) is 19.9. The van der Waals surface area contributed by atoms with E-state index < -0.39 is 22.9 Å². The molecule has 0 aromatic heterocycles. The second kappa shape index (κ2) is 9.16. The Morgan fingerprint density at radius 3 is 2.33 bits per heavy atom. The molecule has 0 aliphatic heterocycles. The molecule has 0 spiro atoms. The van der Waals surface area contributed by atoms with Gasteiger partial charge in [-0.25, -0.2) is 0 Å². The van der Waals surface area contributed by atoms with Crippen molar-refractivity contribution in [2.24, 2.45) is 11.3 Å². The fraction of sp³-hybridized carbons (Fsp3) is 0.591. The summed E-state index contributed by atoms with van der Waals surface area (Å²) in [7, 11) is 0. The number of rotatable bonds is 8. The molecule has 0 N–H and O–H groups in total. The summed E-state index contributed by atoms with van der Waals surface area (Å²) in [6.07, 6.45) is 4.28. The van der Waals surface area contributed by atoms with Crippen LogP contribution in [0.5, 0.6) is 0 Å². The summed E-state index contributed by atoms with van der Waals surface area (Å²) >= 11 is 0. The molecular weight excluding hydrogens is 344 g/mol. The van der Waals surface area contributed by atoms with Gasteiger partial charge in [0.05, 0.1) is 11.3 Å². The van der Waals surface area contributed by atoms with Crippen LogP contribution < -0.4 is 0 Å². The van der Waals surface area contributed by atoms with E-state index in [-0.39, 0.29) is 19.0 Å². The Balaban J connectivity index is 2.09. The highest BCUT2D eigenvalue weighted by atomic mass is 16.6. The Morgan fingerprint density at radius 1 is 1.15 bits per heavy atom. The zero-order valence-corrected chi connectivity index (χ0v) is 16.5. The minimum absolute atomic E-state index is 0.0582. The average molecular weight is 374 g/mol. The number of ether oxygens (including phenoxy) is 2. The molecule has 0 bridgehead atoms. The number of aldehydes is 1. The molecule has 0 heterocycles. The maximum Gasteiger partial charge on any atom is 0.312 e.